The molecule has 0 unspecified atom stereocenters. The fraction of sp³-hybridized carbons (Fsp3) is 0.480. The maximum Gasteiger partial charge on any atom is 0.309 e. The largest absolute Gasteiger partial charge is 0.504 e. The molecule has 2 aromatic carbocycles. The zero-order valence-electron chi connectivity index (χ0n) is 18.6. The number of esters is 1. The fourth-order valence-electron chi connectivity index (χ4n) is 3.80. The molecular formula is C25H32O6. The van der Waals surface area contributed by atoms with Crippen molar-refractivity contribution in [3.63, 3.8) is 0 Å². The van der Waals surface area contributed by atoms with E-state index in [0.29, 0.717) is 44.2 Å². The highest BCUT2D eigenvalue weighted by molar-refractivity contribution is 5.75. The first-order valence-electron chi connectivity index (χ1n) is 11.0. The van der Waals surface area contributed by atoms with E-state index < -0.39 is 0 Å². The summed E-state index contributed by atoms with van der Waals surface area (Å²) in [5.41, 5.74) is 2.03. The van der Waals surface area contributed by atoms with Crippen LogP contribution in [-0.2, 0) is 22.4 Å². The van der Waals surface area contributed by atoms with Crippen molar-refractivity contribution in [2.24, 2.45) is 11.8 Å². The maximum atomic E-state index is 12.5. The Kier molecular flexibility index (Phi) is 8.04. The van der Waals surface area contributed by atoms with Crippen LogP contribution in [0.1, 0.15) is 37.8 Å². The van der Waals surface area contributed by atoms with Crippen molar-refractivity contribution in [1.29, 1.82) is 0 Å². The molecule has 1 aliphatic heterocycles. The third-order valence-electron chi connectivity index (χ3n) is 5.44. The van der Waals surface area contributed by atoms with Crippen molar-refractivity contribution in [2.45, 2.75) is 39.5 Å². The van der Waals surface area contributed by atoms with E-state index in [1.54, 1.807) is 13.2 Å². The summed E-state index contributed by atoms with van der Waals surface area (Å²) in [7, 11) is 1.63. The first-order valence-corrected chi connectivity index (χ1v) is 11.0. The Morgan fingerprint density at radius 2 is 1.58 bits per heavy atom. The Balaban J connectivity index is 1.73. The monoisotopic (exact) mass is 428 g/mol. The van der Waals surface area contributed by atoms with Crippen LogP contribution >= 0.6 is 0 Å². The SMILES string of the molecule is CCCOc1cc(C[C@H]2C(=O)OC[C@@H]2Cc2ccc(OC)c(OCCC)c2)ccc1O. The minimum atomic E-state index is -0.245. The second-order valence-electron chi connectivity index (χ2n) is 7.89. The number of phenols is 1. The van der Waals surface area contributed by atoms with Crippen LogP contribution in [-0.4, -0.2) is 38.0 Å². The number of hydrogen-bond donors (Lipinski definition) is 1. The highest BCUT2D eigenvalue weighted by Crippen LogP contribution is 2.34. The number of ether oxygens (including phenoxy) is 4. The lowest BCUT2D eigenvalue weighted by Crippen LogP contribution is -2.20. The second kappa shape index (κ2) is 10.9. The van der Waals surface area contributed by atoms with Crippen LogP contribution in [0.5, 0.6) is 23.0 Å². The molecule has 1 aliphatic rings. The summed E-state index contributed by atoms with van der Waals surface area (Å²) in [6.07, 6.45) is 3.02. The molecule has 3 rings (SSSR count). The molecule has 0 radical (unpaired) electrons. The molecule has 31 heavy (non-hydrogen) atoms. The van der Waals surface area contributed by atoms with Crippen molar-refractivity contribution in [3.05, 3.63) is 47.5 Å². The molecule has 168 valence electrons. The van der Waals surface area contributed by atoms with E-state index in [1.165, 1.54) is 0 Å². The van der Waals surface area contributed by atoms with E-state index in [1.807, 2.05) is 37.3 Å². The minimum absolute atomic E-state index is 0.0636. The summed E-state index contributed by atoms with van der Waals surface area (Å²) in [5.74, 6) is 1.64. The molecule has 6 nitrogen and oxygen atoms in total. The predicted octanol–water partition coefficient (Wildman–Crippen LogP) is 4.55. The van der Waals surface area contributed by atoms with E-state index in [-0.39, 0.29) is 23.6 Å². The minimum Gasteiger partial charge on any atom is -0.504 e. The van der Waals surface area contributed by atoms with Crippen LogP contribution < -0.4 is 14.2 Å². The zero-order valence-corrected chi connectivity index (χ0v) is 18.6. The van der Waals surface area contributed by atoms with E-state index in [9.17, 15) is 9.90 Å². The summed E-state index contributed by atoms with van der Waals surface area (Å²) in [4.78, 5) is 12.5. The number of phenolic OH excluding ortho intramolecular Hbond substituents is 1. The van der Waals surface area contributed by atoms with Crippen molar-refractivity contribution >= 4 is 5.97 Å². The Bertz CT molecular complexity index is 878. The van der Waals surface area contributed by atoms with Crippen molar-refractivity contribution in [3.8, 4) is 23.0 Å². The highest BCUT2D eigenvalue weighted by atomic mass is 16.5. The van der Waals surface area contributed by atoms with Crippen molar-refractivity contribution in [1.82, 2.24) is 0 Å². The Morgan fingerprint density at radius 1 is 0.935 bits per heavy atom. The van der Waals surface area contributed by atoms with Crippen molar-refractivity contribution in [2.75, 3.05) is 26.9 Å². The standard InChI is InChI=1S/C25H32O6/c1-4-10-29-23-14-18(6-8-21(23)26)13-20-19(16-31-25(20)27)12-17-7-9-22(28-3)24(15-17)30-11-5-2/h6-9,14-15,19-20,26H,4-5,10-13,16H2,1-3H3/t19-,20+/m0/s1. The third kappa shape index (κ3) is 5.84. The van der Waals surface area contributed by atoms with Gasteiger partial charge in [-0.3, -0.25) is 4.79 Å². The lowest BCUT2D eigenvalue weighted by atomic mass is 9.85. The fourth-order valence-corrected chi connectivity index (χ4v) is 3.80. The average molecular weight is 429 g/mol. The quantitative estimate of drug-likeness (QED) is 0.529. The van der Waals surface area contributed by atoms with E-state index >= 15 is 0 Å². The molecule has 1 fully saturated rings. The molecule has 0 bridgehead atoms. The summed E-state index contributed by atoms with van der Waals surface area (Å²) in [5, 5.41) is 10.0. The number of carbonyl (C=O) groups is 1. The molecular weight excluding hydrogens is 396 g/mol. The first kappa shape index (κ1) is 22.8. The lowest BCUT2D eigenvalue weighted by Gasteiger charge is -2.17. The van der Waals surface area contributed by atoms with Gasteiger partial charge in [-0.1, -0.05) is 26.0 Å². The van der Waals surface area contributed by atoms with Crippen LogP contribution in [0.4, 0.5) is 0 Å². The number of carbonyl (C=O) groups excluding carboxylic acids is 1. The Morgan fingerprint density at radius 3 is 2.29 bits per heavy atom. The second-order valence-corrected chi connectivity index (χ2v) is 7.89. The first-order chi connectivity index (χ1) is 15.0. The summed E-state index contributed by atoms with van der Waals surface area (Å²) in [6, 6.07) is 11.2. The van der Waals surface area contributed by atoms with Gasteiger partial charge < -0.3 is 24.1 Å². The Hall–Kier alpha value is -2.89. The van der Waals surface area contributed by atoms with Gasteiger partial charge in [0.15, 0.2) is 23.0 Å². The maximum absolute atomic E-state index is 12.5. The molecule has 1 saturated heterocycles. The van der Waals surface area contributed by atoms with Crippen LogP contribution in [0.2, 0.25) is 0 Å². The smallest absolute Gasteiger partial charge is 0.309 e. The van der Waals surface area contributed by atoms with E-state index in [4.69, 9.17) is 18.9 Å². The van der Waals surface area contributed by atoms with Gasteiger partial charge in [0.2, 0.25) is 0 Å². The normalized spacial score (nSPS) is 18.0. The van der Waals surface area contributed by atoms with Gasteiger partial charge in [0.25, 0.3) is 0 Å². The van der Waals surface area contributed by atoms with E-state index in [0.717, 1.165) is 29.7 Å². The predicted molar refractivity (Wildman–Crippen MR) is 118 cm³/mol. The highest BCUT2D eigenvalue weighted by Gasteiger charge is 2.37. The molecule has 0 amide bonds. The molecule has 6 heteroatoms. The molecule has 2 aromatic rings. The number of aromatic hydroxyl groups is 1. The number of rotatable bonds is 11. The zero-order chi connectivity index (χ0) is 22.2. The molecule has 0 aliphatic carbocycles. The molecule has 0 spiro atoms. The van der Waals surface area contributed by atoms with Crippen molar-refractivity contribution < 1.29 is 28.8 Å². The molecule has 1 N–H and O–H groups in total. The van der Waals surface area contributed by atoms with Gasteiger partial charge in [-0.05, 0) is 61.1 Å². The van der Waals surface area contributed by atoms with Crippen LogP contribution in [0.15, 0.2) is 36.4 Å². The topological polar surface area (TPSA) is 74.2 Å². The van der Waals surface area contributed by atoms with Gasteiger partial charge in [0, 0.05) is 5.92 Å². The van der Waals surface area contributed by atoms with Crippen LogP contribution in [0, 0.1) is 11.8 Å². The van der Waals surface area contributed by atoms with Gasteiger partial charge in [-0.15, -0.1) is 0 Å². The molecule has 1 heterocycles. The average Bonchev–Trinajstić information content (AvgIpc) is 3.11. The Labute approximate surface area is 184 Å². The summed E-state index contributed by atoms with van der Waals surface area (Å²) < 4.78 is 22.2. The number of methoxy groups -OCH3 is 1. The van der Waals surface area contributed by atoms with Crippen LogP contribution in [0.3, 0.4) is 0 Å². The number of cyclic esters (lactones) is 1. The van der Waals surface area contributed by atoms with Gasteiger partial charge in [-0.2, -0.15) is 0 Å². The number of hydrogen-bond acceptors (Lipinski definition) is 6. The van der Waals surface area contributed by atoms with Gasteiger partial charge >= 0.3 is 5.97 Å². The van der Waals surface area contributed by atoms with Gasteiger partial charge in [-0.25, -0.2) is 0 Å². The molecule has 2 atom stereocenters. The van der Waals surface area contributed by atoms with E-state index in [2.05, 4.69) is 6.92 Å². The third-order valence-corrected chi connectivity index (χ3v) is 5.44. The molecule has 0 saturated carbocycles. The van der Waals surface area contributed by atoms with Gasteiger partial charge in [0.05, 0.1) is 32.8 Å². The molecule has 0 aromatic heterocycles. The number of benzene rings is 2. The summed E-state index contributed by atoms with van der Waals surface area (Å²) in [6.45, 7) is 5.63. The van der Waals surface area contributed by atoms with Crippen LogP contribution in [0.25, 0.3) is 0 Å². The van der Waals surface area contributed by atoms with Gasteiger partial charge in [0.1, 0.15) is 0 Å². The lowest BCUT2D eigenvalue weighted by molar-refractivity contribution is -0.141. The summed E-state index contributed by atoms with van der Waals surface area (Å²) >= 11 is 0.